The van der Waals surface area contributed by atoms with Crippen LogP contribution in [0.4, 0.5) is 0 Å². The minimum Gasteiger partial charge on any atom is -0.480 e. The predicted molar refractivity (Wildman–Crippen MR) is 213 cm³/mol. The number of allylic oxidation sites excluding steroid dienone is 3. The summed E-state index contributed by atoms with van der Waals surface area (Å²) in [5.41, 5.74) is 0. The maximum atomic E-state index is 12.6. The molecule has 0 aromatic rings. The highest BCUT2D eigenvalue weighted by Gasteiger charge is 2.18. The highest BCUT2D eigenvalue weighted by molar-refractivity contribution is 5.87. The number of carbonyl (C=O) groups is 4. The molecule has 2 amide bonds. The van der Waals surface area contributed by atoms with Crippen molar-refractivity contribution in [3.05, 3.63) is 24.3 Å². The summed E-state index contributed by atoms with van der Waals surface area (Å²) in [6.45, 7) is 3.38. The van der Waals surface area contributed by atoms with Gasteiger partial charge < -0.3 is 25.6 Å². The molecule has 0 aromatic heterocycles. The first-order valence-electron chi connectivity index (χ1n) is 21.2. The fourth-order valence-electron chi connectivity index (χ4n) is 6.08. The van der Waals surface area contributed by atoms with Gasteiger partial charge in [-0.05, 0) is 63.9 Å². The number of aliphatic hydroxyl groups is 1. The Morgan fingerprint density at radius 1 is 0.577 bits per heavy atom. The summed E-state index contributed by atoms with van der Waals surface area (Å²) < 4.78 is 5.84. The lowest BCUT2D eigenvalue weighted by atomic mass is 10.0. The molecule has 0 rings (SSSR count). The lowest BCUT2D eigenvalue weighted by Gasteiger charge is -2.15. The quantitative estimate of drug-likeness (QED) is 0.0281. The smallest absolute Gasteiger partial charge is 0.328 e. The Hall–Kier alpha value is -2.68. The van der Waals surface area contributed by atoms with Crippen molar-refractivity contribution in [1.82, 2.24) is 10.6 Å². The van der Waals surface area contributed by atoms with Crippen molar-refractivity contribution >= 4 is 23.8 Å². The minimum absolute atomic E-state index is 0.119. The summed E-state index contributed by atoms with van der Waals surface area (Å²) in [7, 11) is 0. The molecule has 4 N–H and O–H groups in total. The number of carboxylic acid groups (broad SMARTS) is 1. The molecule has 0 fully saturated rings. The van der Waals surface area contributed by atoms with E-state index in [0.717, 1.165) is 57.8 Å². The van der Waals surface area contributed by atoms with Crippen LogP contribution in [0.15, 0.2) is 24.3 Å². The number of hydrogen-bond acceptors (Lipinski definition) is 6. The van der Waals surface area contributed by atoms with Gasteiger partial charge in [0.25, 0.3) is 0 Å². The van der Waals surface area contributed by atoms with Crippen LogP contribution in [0.1, 0.15) is 200 Å². The zero-order chi connectivity index (χ0) is 38.3. The maximum absolute atomic E-state index is 12.6. The Morgan fingerprint density at radius 2 is 1.06 bits per heavy atom. The second-order valence-electron chi connectivity index (χ2n) is 14.4. The third-order valence-corrected chi connectivity index (χ3v) is 9.41. The fraction of sp³-hybridized carbons (Fsp3) is 0.814. The van der Waals surface area contributed by atoms with Gasteiger partial charge >= 0.3 is 11.9 Å². The van der Waals surface area contributed by atoms with Crippen molar-refractivity contribution in [1.29, 1.82) is 0 Å². The zero-order valence-electron chi connectivity index (χ0n) is 33.3. The van der Waals surface area contributed by atoms with E-state index >= 15 is 0 Å². The van der Waals surface area contributed by atoms with Crippen LogP contribution in [0.5, 0.6) is 0 Å². The highest BCUT2D eigenvalue weighted by atomic mass is 16.5. The van der Waals surface area contributed by atoms with Crippen molar-refractivity contribution in [3.8, 4) is 0 Å². The number of aliphatic carboxylic acids is 1. The Morgan fingerprint density at radius 3 is 1.60 bits per heavy atom. The predicted octanol–water partition coefficient (Wildman–Crippen LogP) is 10.0. The number of unbranched alkanes of at least 4 members (excludes halogenated alkanes) is 22. The second kappa shape index (κ2) is 38.1. The van der Waals surface area contributed by atoms with Crippen LogP contribution in [0.2, 0.25) is 0 Å². The van der Waals surface area contributed by atoms with Crippen LogP contribution >= 0.6 is 0 Å². The van der Waals surface area contributed by atoms with E-state index in [4.69, 9.17) is 14.9 Å². The van der Waals surface area contributed by atoms with Gasteiger partial charge in [0.1, 0.15) is 12.1 Å². The number of esters is 1. The van der Waals surface area contributed by atoms with Crippen molar-refractivity contribution in [2.45, 2.75) is 212 Å². The number of ether oxygens (including phenoxy) is 1. The van der Waals surface area contributed by atoms with Gasteiger partial charge in [0, 0.05) is 12.8 Å². The molecule has 0 aliphatic heterocycles. The third kappa shape index (κ3) is 34.4. The summed E-state index contributed by atoms with van der Waals surface area (Å²) in [5.74, 6) is -2.40. The number of rotatable bonds is 38. The molecule has 0 heterocycles. The highest BCUT2D eigenvalue weighted by Crippen LogP contribution is 2.16. The maximum Gasteiger partial charge on any atom is 0.328 e. The topological polar surface area (TPSA) is 142 Å². The van der Waals surface area contributed by atoms with E-state index in [9.17, 15) is 19.2 Å². The SMILES string of the molecule is CCCC/C=C\C(CCCCCCC(=O)NCC(=O)NC(CO)C(=O)O)OC(=O)CCCCCCCCCCC/C=C\CCCCCCCCCC. The summed E-state index contributed by atoms with van der Waals surface area (Å²) >= 11 is 0. The third-order valence-electron chi connectivity index (χ3n) is 9.41. The van der Waals surface area contributed by atoms with E-state index in [1.54, 1.807) is 0 Å². The fourth-order valence-corrected chi connectivity index (χ4v) is 6.08. The molecule has 2 unspecified atom stereocenters. The summed E-state index contributed by atoms with van der Waals surface area (Å²) in [5, 5.41) is 22.5. The van der Waals surface area contributed by atoms with Gasteiger partial charge in [0.05, 0.1) is 13.2 Å². The molecule has 9 heteroatoms. The van der Waals surface area contributed by atoms with Crippen LogP contribution in [-0.2, 0) is 23.9 Å². The lowest BCUT2D eigenvalue weighted by Crippen LogP contribution is -2.47. The van der Waals surface area contributed by atoms with Crippen molar-refractivity contribution in [3.63, 3.8) is 0 Å². The Balaban J connectivity index is 3.93. The zero-order valence-corrected chi connectivity index (χ0v) is 33.3. The first-order valence-corrected chi connectivity index (χ1v) is 21.2. The van der Waals surface area contributed by atoms with Gasteiger partial charge in [-0.3, -0.25) is 14.4 Å². The second-order valence-corrected chi connectivity index (χ2v) is 14.4. The van der Waals surface area contributed by atoms with Gasteiger partial charge in [-0.1, -0.05) is 148 Å². The van der Waals surface area contributed by atoms with Crippen LogP contribution < -0.4 is 10.6 Å². The van der Waals surface area contributed by atoms with E-state index in [0.29, 0.717) is 12.8 Å². The molecule has 52 heavy (non-hydrogen) atoms. The largest absolute Gasteiger partial charge is 0.480 e. The van der Waals surface area contributed by atoms with E-state index in [2.05, 4.69) is 42.7 Å². The van der Waals surface area contributed by atoms with Crippen molar-refractivity contribution < 1.29 is 34.1 Å². The number of carboxylic acids is 1. The monoisotopic (exact) mass is 735 g/mol. The minimum atomic E-state index is -1.39. The van der Waals surface area contributed by atoms with Gasteiger partial charge in [-0.2, -0.15) is 0 Å². The van der Waals surface area contributed by atoms with E-state index in [1.165, 1.54) is 109 Å². The van der Waals surface area contributed by atoms with Gasteiger partial charge in [0.15, 0.2) is 0 Å². The normalized spacial score (nSPS) is 12.7. The number of carbonyl (C=O) groups excluding carboxylic acids is 3. The van der Waals surface area contributed by atoms with Gasteiger partial charge in [-0.25, -0.2) is 4.79 Å². The molecule has 0 saturated heterocycles. The number of aliphatic hydroxyl groups excluding tert-OH is 1. The molecule has 302 valence electrons. The lowest BCUT2D eigenvalue weighted by molar-refractivity contribution is -0.147. The first kappa shape index (κ1) is 49.3. The molecule has 0 bridgehead atoms. The number of hydrogen-bond donors (Lipinski definition) is 4. The first-order chi connectivity index (χ1) is 25.3. The summed E-state index contributed by atoms with van der Waals surface area (Å²) in [6.07, 6.45) is 41.2. The van der Waals surface area contributed by atoms with E-state index in [1.807, 2.05) is 6.08 Å². The molecule has 0 aromatic carbocycles. The molecule has 0 radical (unpaired) electrons. The average molecular weight is 735 g/mol. The van der Waals surface area contributed by atoms with E-state index in [-0.39, 0.29) is 30.9 Å². The van der Waals surface area contributed by atoms with Gasteiger partial charge in [0.2, 0.25) is 11.8 Å². The molecule has 0 spiro atoms. The van der Waals surface area contributed by atoms with Crippen molar-refractivity contribution in [2.24, 2.45) is 0 Å². The summed E-state index contributed by atoms with van der Waals surface area (Å²) in [6, 6.07) is -1.39. The molecule has 0 aliphatic rings. The summed E-state index contributed by atoms with van der Waals surface area (Å²) in [4.78, 5) is 47.3. The molecular formula is C43H78N2O7. The standard InChI is InChI=1S/C43H78N2O7/c1-3-5-7-9-10-11-12-13-14-15-16-17-18-19-20-21-22-23-24-25-31-35-42(49)52-38(32-28-8-6-4-2)33-29-26-27-30-34-40(47)44-36-41(48)45-39(37-46)43(50)51/h15-16,28,32,38-39,46H,3-14,17-27,29-31,33-37H2,1-2H3,(H,44,47)(H,45,48)(H,50,51)/b16-15-,32-28-. The van der Waals surface area contributed by atoms with Gasteiger partial charge in [-0.15, -0.1) is 0 Å². The number of amides is 2. The van der Waals surface area contributed by atoms with Crippen molar-refractivity contribution in [2.75, 3.05) is 13.2 Å². The Kier molecular flexibility index (Phi) is 36.1. The molecule has 0 saturated carbocycles. The van der Waals surface area contributed by atoms with Crippen LogP contribution in [0.25, 0.3) is 0 Å². The van der Waals surface area contributed by atoms with Crippen LogP contribution in [0, 0.1) is 0 Å². The molecular weight excluding hydrogens is 656 g/mol. The van der Waals surface area contributed by atoms with E-state index < -0.39 is 24.5 Å². The molecule has 9 nitrogen and oxygen atoms in total. The van der Waals surface area contributed by atoms with Crippen LogP contribution in [-0.4, -0.2) is 59.3 Å². The average Bonchev–Trinajstić information content (AvgIpc) is 3.13. The number of nitrogens with one attached hydrogen (secondary N) is 2. The van der Waals surface area contributed by atoms with Crippen LogP contribution in [0.3, 0.4) is 0 Å². The molecule has 0 aliphatic carbocycles. The Labute approximate surface area is 317 Å². The molecule has 2 atom stereocenters. The Bertz CT molecular complexity index is 936.